The van der Waals surface area contributed by atoms with E-state index >= 15 is 0 Å². The second kappa shape index (κ2) is 3.97. The van der Waals surface area contributed by atoms with Gasteiger partial charge < -0.3 is 4.74 Å². The number of non-ortho nitro benzene ring substituents is 1. The summed E-state index contributed by atoms with van der Waals surface area (Å²) >= 11 is 5.61. The Morgan fingerprint density at radius 1 is 1.56 bits per heavy atom. The van der Waals surface area contributed by atoms with E-state index in [0.717, 1.165) is 0 Å². The molecule has 1 amide bonds. The first kappa shape index (κ1) is 10.7. The van der Waals surface area contributed by atoms with Gasteiger partial charge in [-0.1, -0.05) is 0 Å². The molecule has 0 saturated heterocycles. The number of carbonyl (C=O) groups excluding carboxylic acids is 1. The van der Waals surface area contributed by atoms with Gasteiger partial charge in [-0.25, -0.2) is 0 Å². The summed E-state index contributed by atoms with van der Waals surface area (Å²) in [6, 6.07) is 3.99. The molecule has 1 aliphatic heterocycles. The van der Waals surface area contributed by atoms with E-state index in [-0.39, 0.29) is 24.2 Å². The van der Waals surface area contributed by atoms with E-state index < -0.39 is 4.92 Å². The molecular weight excluding hydrogens is 236 g/mol. The third kappa shape index (κ3) is 1.67. The molecule has 0 aromatic heterocycles. The van der Waals surface area contributed by atoms with Crippen LogP contribution in [0.15, 0.2) is 18.2 Å². The molecule has 0 radical (unpaired) electrons. The number of amides is 1. The lowest BCUT2D eigenvalue weighted by atomic mass is 10.2. The van der Waals surface area contributed by atoms with Crippen LogP contribution in [0.4, 0.5) is 11.4 Å². The minimum atomic E-state index is -0.536. The number of alkyl halides is 1. The number of rotatable bonds is 2. The minimum absolute atomic E-state index is 0.0592. The molecule has 84 valence electrons. The average Bonchev–Trinajstić information content (AvgIpc) is 2.28. The maximum absolute atomic E-state index is 11.4. The molecule has 7 heteroatoms. The summed E-state index contributed by atoms with van der Waals surface area (Å²) in [6.07, 6.45) is 0. The van der Waals surface area contributed by atoms with Crippen LogP contribution in [-0.2, 0) is 4.79 Å². The Morgan fingerprint density at radius 3 is 2.94 bits per heavy atom. The van der Waals surface area contributed by atoms with Gasteiger partial charge in [-0.3, -0.25) is 19.8 Å². The first-order valence-electron chi connectivity index (χ1n) is 4.41. The van der Waals surface area contributed by atoms with E-state index in [4.69, 9.17) is 16.3 Å². The Hall–Kier alpha value is -1.82. The highest BCUT2D eigenvalue weighted by atomic mass is 35.5. The highest BCUT2D eigenvalue weighted by molar-refractivity contribution is 6.22. The second-order valence-corrected chi connectivity index (χ2v) is 3.38. The minimum Gasteiger partial charge on any atom is -0.482 e. The zero-order valence-corrected chi connectivity index (χ0v) is 8.81. The van der Waals surface area contributed by atoms with Crippen LogP contribution >= 0.6 is 11.6 Å². The van der Waals surface area contributed by atoms with Crippen LogP contribution in [0.5, 0.6) is 5.75 Å². The average molecular weight is 243 g/mol. The highest BCUT2D eigenvalue weighted by Gasteiger charge is 2.26. The van der Waals surface area contributed by atoms with Crippen LogP contribution < -0.4 is 9.64 Å². The standard InChI is InChI=1S/C9H7ClN2O4/c10-5-11-7-3-6(12(14)15)1-2-8(7)16-4-9(11)13/h1-3H,4-5H2. The summed E-state index contributed by atoms with van der Waals surface area (Å²) in [5.74, 6) is 0.105. The molecule has 0 bridgehead atoms. The van der Waals surface area contributed by atoms with Crippen molar-refractivity contribution in [2.45, 2.75) is 0 Å². The Kier molecular flexibility index (Phi) is 2.66. The Labute approximate surface area is 95.5 Å². The van der Waals surface area contributed by atoms with E-state index in [9.17, 15) is 14.9 Å². The number of fused-ring (bicyclic) bond motifs is 1. The summed E-state index contributed by atoms with van der Waals surface area (Å²) in [6.45, 7) is -0.0997. The lowest BCUT2D eigenvalue weighted by Gasteiger charge is -2.26. The molecule has 0 N–H and O–H groups in total. The van der Waals surface area contributed by atoms with E-state index in [1.807, 2.05) is 0 Å². The maximum atomic E-state index is 11.4. The molecule has 1 heterocycles. The quantitative estimate of drug-likeness (QED) is 0.341. The van der Waals surface area contributed by atoms with Crippen molar-refractivity contribution in [3.8, 4) is 5.75 Å². The van der Waals surface area contributed by atoms with Gasteiger partial charge in [0.15, 0.2) is 6.61 Å². The van der Waals surface area contributed by atoms with Crippen molar-refractivity contribution in [1.82, 2.24) is 0 Å². The predicted molar refractivity (Wildman–Crippen MR) is 56.8 cm³/mol. The number of hydrogen-bond donors (Lipinski definition) is 0. The van der Waals surface area contributed by atoms with Gasteiger partial charge in [0.1, 0.15) is 11.8 Å². The van der Waals surface area contributed by atoms with Crippen molar-refractivity contribution in [2.24, 2.45) is 0 Å². The van der Waals surface area contributed by atoms with Gasteiger partial charge in [-0.2, -0.15) is 0 Å². The normalized spacial score (nSPS) is 14.3. The third-order valence-corrected chi connectivity index (χ3v) is 2.45. The zero-order chi connectivity index (χ0) is 11.7. The number of anilines is 1. The van der Waals surface area contributed by atoms with Crippen LogP contribution in [-0.4, -0.2) is 23.4 Å². The van der Waals surface area contributed by atoms with Gasteiger partial charge in [-0.15, -0.1) is 11.6 Å². The summed E-state index contributed by atoms with van der Waals surface area (Å²) in [5, 5.41) is 10.6. The zero-order valence-electron chi connectivity index (χ0n) is 8.05. The molecule has 16 heavy (non-hydrogen) atoms. The fourth-order valence-electron chi connectivity index (χ4n) is 1.44. The fourth-order valence-corrected chi connectivity index (χ4v) is 1.70. The van der Waals surface area contributed by atoms with Crippen molar-refractivity contribution in [3.63, 3.8) is 0 Å². The largest absolute Gasteiger partial charge is 0.482 e. The number of nitro benzene ring substituents is 1. The molecule has 0 saturated carbocycles. The molecule has 0 atom stereocenters. The number of halogens is 1. The number of benzene rings is 1. The molecule has 0 aliphatic carbocycles. The molecular formula is C9H7ClN2O4. The highest BCUT2D eigenvalue weighted by Crippen LogP contribution is 2.35. The molecule has 2 rings (SSSR count). The van der Waals surface area contributed by atoms with Gasteiger partial charge >= 0.3 is 0 Å². The third-order valence-electron chi connectivity index (χ3n) is 2.22. The molecule has 6 nitrogen and oxygen atoms in total. The number of ether oxygens (including phenoxy) is 1. The van der Waals surface area contributed by atoms with Gasteiger partial charge in [0.05, 0.1) is 10.6 Å². The molecule has 0 spiro atoms. The first-order valence-corrected chi connectivity index (χ1v) is 4.94. The molecule has 0 unspecified atom stereocenters. The van der Waals surface area contributed by atoms with Crippen LogP contribution in [0, 0.1) is 10.1 Å². The lowest BCUT2D eigenvalue weighted by Crippen LogP contribution is -2.37. The Morgan fingerprint density at radius 2 is 2.31 bits per heavy atom. The van der Waals surface area contributed by atoms with Gasteiger partial charge in [0.2, 0.25) is 0 Å². The Bertz CT molecular complexity index is 463. The van der Waals surface area contributed by atoms with Crippen molar-refractivity contribution in [2.75, 3.05) is 17.5 Å². The van der Waals surface area contributed by atoms with Crippen LogP contribution in [0.2, 0.25) is 0 Å². The van der Waals surface area contributed by atoms with Gasteiger partial charge in [0.25, 0.3) is 11.6 Å². The van der Waals surface area contributed by atoms with Crippen LogP contribution in [0.25, 0.3) is 0 Å². The van der Waals surface area contributed by atoms with E-state index in [2.05, 4.69) is 0 Å². The van der Waals surface area contributed by atoms with Gasteiger partial charge in [0, 0.05) is 12.1 Å². The summed E-state index contributed by atoms with van der Waals surface area (Å²) in [7, 11) is 0. The van der Waals surface area contributed by atoms with Crippen molar-refractivity contribution >= 4 is 28.9 Å². The van der Waals surface area contributed by atoms with Crippen LogP contribution in [0.3, 0.4) is 0 Å². The molecule has 1 aromatic rings. The maximum Gasteiger partial charge on any atom is 0.271 e. The lowest BCUT2D eigenvalue weighted by molar-refractivity contribution is -0.384. The predicted octanol–water partition coefficient (Wildman–Crippen LogP) is 1.52. The molecule has 1 aromatic carbocycles. The topological polar surface area (TPSA) is 72.7 Å². The number of hydrogen-bond acceptors (Lipinski definition) is 4. The second-order valence-electron chi connectivity index (χ2n) is 3.14. The van der Waals surface area contributed by atoms with Crippen molar-refractivity contribution in [3.05, 3.63) is 28.3 Å². The van der Waals surface area contributed by atoms with E-state index in [0.29, 0.717) is 11.4 Å². The van der Waals surface area contributed by atoms with Crippen molar-refractivity contribution in [1.29, 1.82) is 0 Å². The van der Waals surface area contributed by atoms with E-state index in [1.165, 1.54) is 23.1 Å². The molecule has 1 aliphatic rings. The SMILES string of the molecule is O=C1COc2ccc([N+](=O)[O-])cc2N1CCl. The smallest absolute Gasteiger partial charge is 0.271 e. The van der Waals surface area contributed by atoms with Crippen LogP contribution in [0.1, 0.15) is 0 Å². The summed E-state index contributed by atoms with van der Waals surface area (Å²) < 4.78 is 5.13. The number of nitrogens with zero attached hydrogens (tertiary/aromatic N) is 2. The molecule has 0 fully saturated rings. The fraction of sp³-hybridized carbons (Fsp3) is 0.222. The van der Waals surface area contributed by atoms with Crippen molar-refractivity contribution < 1.29 is 14.5 Å². The Balaban J connectivity index is 2.49. The number of carbonyl (C=O) groups is 1. The monoisotopic (exact) mass is 242 g/mol. The van der Waals surface area contributed by atoms with Gasteiger partial charge in [-0.05, 0) is 6.07 Å². The first-order chi connectivity index (χ1) is 7.63. The number of nitro groups is 1. The summed E-state index contributed by atoms with van der Waals surface area (Å²) in [4.78, 5) is 22.7. The summed E-state index contributed by atoms with van der Waals surface area (Å²) in [5.41, 5.74) is 0.229. The van der Waals surface area contributed by atoms with E-state index in [1.54, 1.807) is 0 Å².